The van der Waals surface area contributed by atoms with Crippen LogP contribution in [0.3, 0.4) is 0 Å². The lowest BCUT2D eigenvalue weighted by molar-refractivity contribution is -0.136. The maximum Gasteiger partial charge on any atom is 0.390 e. The molecule has 0 spiro atoms. The Bertz CT molecular complexity index is 592. The van der Waals surface area contributed by atoms with Crippen LogP contribution in [-0.4, -0.2) is 15.7 Å². The Labute approximate surface area is 127 Å². The van der Waals surface area contributed by atoms with Crippen LogP contribution in [0.5, 0.6) is 0 Å². The highest BCUT2D eigenvalue weighted by Gasteiger charge is 2.28. The Balaban J connectivity index is 2.46. The molecule has 2 nitrogen and oxygen atoms in total. The molecule has 0 aliphatic heterocycles. The van der Waals surface area contributed by atoms with E-state index in [2.05, 4.69) is 27.6 Å². The minimum absolute atomic E-state index is 0.160. The van der Waals surface area contributed by atoms with Crippen molar-refractivity contribution in [2.75, 3.05) is 0 Å². The van der Waals surface area contributed by atoms with Gasteiger partial charge in [0.25, 0.3) is 0 Å². The summed E-state index contributed by atoms with van der Waals surface area (Å²) in [6.07, 6.45) is -5.08. The number of halogens is 5. The lowest BCUT2D eigenvalue weighted by Crippen LogP contribution is -2.14. The van der Waals surface area contributed by atoms with E-state index in [0.717, 1.165) is 3.57 Å². The molecule has 2 aromatic rings. The first-order valence-corrected chi connectivity index (χ1v) is 7.16. The zero-order valence-corrected chi connectivity index (χ0v) is 12.9. The molecule has 0 radical (unpaired) electrons. The molecule has 1 atom stereocenters. The topological polar surface area (TPSA) is 17.8 Å². The second-order valence-corrected chi connectivity index (χ2v) is 6.14. The molecule has 104 valence electrons. The smallest absolute Gasteiger partial charge is 0.326 e. The second-order valence-electron chi connectivity index (χ2n) is 4.24. The summed E-state index contributed by atoms with van der Waals surface area (Å²) in [5, 5.41) is -0.432. The molecule has 1 aromatic heterocycles. The van der Waals surface area contributed by atoms with Crippen molar-refractivity contribution in [3.05, 3.63) is 27.6 Å². The number of fused-ring (bicyclic) bond motifs is 1. The van der Waals surface area contributed by atoms with E-state index in [1.165, 1.54) is 0 Å². The molecule has 7 heteroatoms. The van der Waals surface area contributed by atoms with Gasteiger partial charge >= 0.3 is 6.18 Å². The van der Waals surface area contributed by atoms with Crippen molar-refractivity contribution in [3.63, 3.8) is 0 Å². The second kappa shape index (κ2) is 5.47. The summed E-state index contributed by atoms with van der Waals surface area (Å²) in [7, 11) is 0. The van der Waals surface area contributed by atoms with Gasteiger partial charge in [-0.1, -0.05) is 0 Å². The zero-order chi connectivity index (χ0) is 14.2. The van der Waals surface area contributed by atoms with E-state index in [1.54, 1.807) is 17.6 Å². The molecule has 0 saturated carbocycles. The minimum Gasteiger partial charge on any atom is -0.326 e. The van der Waals surface area contributed by atoms with Gasteiger partial charge in [0, 0.05) is 10.1 Å². The van der Waals surface area contributed by atoms with E-state index in [1.807, 2.05) is 12.1 Å². The van der Waals surface area contributed by atoms with Gasteiger partial charge in [0.05, 0.1) is 22.8 Å². The van der Waals surface area contributed by atoms with E-state index in [-0.39, 0.29) is 6.54 Å². The number of hydrogen-bond acceptors (Lipinski definition) is 1. The van der Waals surface area contributed by atoms with Crippen LogP contribution in [0.1, 0.15) is 24.5 Å². The number of rotatable bonds is 3. The van der Waals surface area contributed by atoms with Gasteiger partial charge < -0.3 is 4.57 Å². The molecule has 0 bridgehead atoms. The average Bonchev–Trinajstić information content (AvgIpc) is 2.63. The highest BCUT2D eigenvalue weighted by Crippen LogP contribution is 2.28. The maximum absolute atomic E-state index is 12.4. The largest absolute Gasteiger partial charge is 0.390 e. The van der Waals surface area contributed by atoms with Crippen molar-refractivity contribution in [1.82, 2.24) is 9.55 Å². The molecule has 1 aromatic carbocycles. The van der Waals surface area contributed by atoms with Crippen molar-refractivity contribution in [2.24, 2.45) is 0 Å². The molecule has 0 aliphatic rings. The van der Waals surface area contributed by atoms with Crippen LogP contribution < -0.4 is 0 Å². The van der Waals surface area contributed by atoms with E-state index < -0.39 is 18.0 Å². The quantitative estimate of drug-likeness (QED) is 0.528. The first kappa shape index (κ1) is 14.9. The number of benzene rings is 1. The molecule has 0 fully saturated rings. The van der Waals surface area contributed by atoms with Gasteiger partial charge in [-0.15, -0.1) is 11.6 Å². The van der Waals surface area contributed by atoms with Crippen molar-refractivity contribution >= 4 is 45.2 Å². The standard InChI is InChI=1S/C12H11ClF3IN2/c1-7(13)11-18-9-6-8(17)2-3-10(9)19(11)5-4-12(14,15)16/h2-3,6-7H,4-5H2,1H3. The van der Waals surface area contributed by atoms with Crippen LogP contribution in [0.15, 0.2) is 18.2 Å². The van der Waals surface area contributed by atoms with E-state index in [0.29, 0.717) is 16.9 Å². The Morgan fingerprint density at radius 2 is 2.11 bits per heavy atom. The Morgan fingerprint density at radius 1 is 1.42 bits per heavy atom. The number of aromatic nitrogens is 2. The third kappa shape index (κ3) is 3.53. The normalized spacial score (nSPS) is 14.0. The van der Waals surface area contributed by atoms with Crippen molar-refractivity contribution in [1.29, 1.82) is 0 Å². The van der Waals surface area contributed by atoms with Gasteiger partial charge in [0.15, 0.2) is 0 Å². The predicted octanol–water partition coefficient (Wildman–Crippen LogP) is 4.89. The van der Waals surface area contributed by atoms with Crippen molar-refractivity contribution in [3.8, 4) is 0 Å². The third-order valence-electron chi connectivity index (χ3n) is 2.71. The number of aryl methyl sites for hydroxylation is 1. The highest BCUT2D eigenvalue weighted by atomic mass is 127. The fourth-order valence-corrected chi connectivity index (χ4v) is 2.54. The zero-order valence-electron chi connectivity index (χ0n) is 10.0. The maximum atomic E-state index is 12.4. The lowest BCUT2D eigenvalue weighted by Gasteiger charge is -2.12. The molecular weight excluding hydrogens is 391 g/mol. The van der Waals surface area contributed by atoms with E-state index in [9.17, 15) is 13.2 Å². The molecule has 1 unspecified atom stereocenters. The van der Waals surface area contributed by atoms with E-state index >= 15 is 0 Å². The summed E-state index contributed by atoms with van der Waals surface area (Å²) < 4.78 is 39.7. The summed E-state index contributed by atoms with van der Waals surface area (Å²) in [6, 6.07) is 5.46. The summed E-state index contributed by atoms with van der Waals surface area (Å²) in [5.41, 5.74) is 1.36. The van der Waals surface area contributed by atoms with Gasteiger partial charge in [0.2, 0.25) is 0 Å². The number of imidazole rings is 1. The first-order valence-electron chi connectivity index (χ1n) is 5.64. The Hall–Kier alpha value is -0.500. The Morgan fingerprint density at radius 3 is 2.68 bits per heavy atom. The van der Waals surface area contributed by atoms with Gasteiger partial charge in [-0.3, -0.25) is 0 Å². The summed E-state index contributed by atoms with van der Waals surface area (Å²) in [5.74, 6) is 0.475. The van der Waals surface area contributed by atoms with Crippen LogP contribution >= 0.6 is 34.2 Å². The Kier molecular flexibility index (Phi) is 4.29. The number of hydrogen-bond donors (Lipinski definition) is 0. The number of alkyl halides is 4. The average molecular weight is 403 g/mol. The van der Waals surface area contributed by atoms with Gasteiger partial charge in [-0.2, -0.15) is 13.2 Å². The molecule has 0 saturated heterocycles. The van der Waals surface area contributed by atoms with Crippen molar-refractivity contribution in [2.45, 2.75) is 31.4 Å². The fraction of sp³-hybridized carbons (Fsp3) is 0.417. The van der Waals surface area contributed by atoms with E-state index in [4.69, 9.17) is 11.6 Å². The molecule has 19 heavy (non-hydrogen) atoms. The summed E-state index contributed by atoms with van der Waals surface area (Å²) in [4.78, 5) is 4.33. The molecule has 2 rings (SSSR count). The molecule has 1 heterocycles. The third-order valence-corrected chi connectivity index (χ3v) is 3.58. The summed E-state index contributed by atoms with van der Waals surface area (Å²) >= 11 is 8.14. The molecule has 0 N–H and O–H groups in total. The number of nitrogens with zero attached hydrogens (tertiary/aromatic N) is 2. The van der Waals surface area contributed by atoms with Gasteiger partial charge in [-0.25, -0.2) is 4.98 Å². The van der Waals surface area contributed by atoms with Crippen LogP contribution in [0, 0.1) is 3.57 Å². The van der Waals surface area contributed by atoms with Crippen LogP contribution in [0.25, 0.3) is 11.0 Å². The fourth-order valence-electron chi connectivity index (χ4n) is 1.90. The first-order chi connectivity index (χ1) is 8.78. The molecular formula is C12H11ClF3IN2. The minimum atomic E-state index is -4.19. The summed E-state index contributed by atoms with van der Waals surface area (Å²) in [6.45, 7) is 1.55. The molecule has 0 aliphatic carbocycles. The van der Waals surface area contributed by atoms with Gasteiger partial charge in [-0.05, 0) is 47.7 Å². The SMILES string of the molecule is CC(Cl)c1nc2cc(I)ccc2n1CCC(F)(F)F. The van der Waals surface area contributed by atoms with Crippen LogP contribution in [0.4, 0.5) is 13.2 Å². The van der Waals surface area contributed by atoms with Crippen molar-refractivity contribution < 1.29 is 13.2 Å². The predicted molar refractivity (Wildman–Crippen MR) is 77.4 cm³/mol. The molecule has 0 amide bonds. The van der Waals surface area contributed by atoms with Crippen LogP contribution in [-0.2, 0) is 6.54 Å². The van der Waals surface area contributed by atoms with Crippen LogP contribution in [0.2, 0.25) is 0 Å². The highest BCUT2D eigenvalue weighted by molar-refractivity contribution is 14.1. The van der Waals surface area contributed by atoms with Gasteiger partial charge in [0.1, 0.15) is 5.82 Å². The lowest BCUT2D eigenvalue weighted by atomic mass is 10.3. The monoisotopic (exact) mass is 402 g/mol.